The van der Waals surface area contributed by atoms with Gasteiger partial charge in [0.05, 0.1) is 11.4 Å². The number of halogens is 1. The number of hydrogen-bond acceptors (Lipinski definition) is 6. The van der Waals surface area contributed by atoms with Gasteiger partial charge in [0, 0.05) is 22.1 Å². The van der Waals surface area contributed by atoms with Gasteiger partial charge in [0.1, 0.15) is 0 Å². The first kappa shape index (κ1) is 18.3. The van der Waals surface area contributed by atoms with Crippen molar-refractivity contribution in [3.05, 3.63) is 70.4 Å². The quantitative estimate of drug-likeness (QED) is 0.541. The molecular weight excluding hydrogens is 396 g/mol. The number of anilines is 1. The molecule has 2 aromatic carbocycles. The maximum atomic E-state index is 12.3. The molecule has 9 heteroatoms. The Morgan fingerprint density at radius 1 is 1.11 bits per heavy atom. The fourth-order valence-corrected chi connectivity index (χ4v) is 3.45. The van der Waals surface area contributed by atoms with Crippen LogP contribution in [0.2, 0.25) is 5.02 Å². The lowest BCUT2D eigenvalue weighted by Gasteiger charge is -2.08. The molecule has 0 aliphatic heterocycles. The highest BCUT2D eigenvalue weighted by molar-refractivity contribution is 7.10. The van der Waals surface area contributed by atoms with Crippen molar-refractivity contribution in [2.75, 3.05) is 5.32 Å². The summed E-state index contributed by atoms with van der Waals surface area (Å²) >= 11 is 7.31. The summed E-state index contributed by atoms with van der Waals surface area (Å²) in [5.74, 6) is 0.176. The molecule has 0 saturated carbocycles. The second-order valence-corrected chi connectivity index (χ2v) is 7.22. The number of aromatic nitrogens is 5. The summed E-state index contributed by atoms with van der Waals surface area (Å²) in [5, 5.41) is 12.3. The molecule has 0 saturated heterocycles. The van der Waals surface area contributed by atoms with Crippen LogP contribution in [0.4, 0.5) is 5.13 Å². The van der Waals surface area contributed by atoms with Gasteiger partial charge in [-0.05, 0) is 43.7 Å². The van der Waals surface area contributed by atoms with E-state index >= 15 is 0 Å². The van der Waals surface area contributed by atoms with Gasteiger partial charge in [-0.2, -0.15) is 9.36 Å². The second kappa shape index (κ2) is 7.49. The summed E-state index contributed by atoms with van der Waals surface area (Å²) in [6, 6.07) is 14.6. The van der Waals surface area contributed by atoms with E-state index in [-0.39, 0.29) is 5.91 Å². The van der Waals surface area contributed by atoms with Gasteiger partial charge in [0.2, 0.25) is 5.13 Å². The van der Waals surface area contributed by atoms with E-state index < -0.39 is 0 Å². The van der Waals surface area contributed by atoms with Crippen LogP contribution in [-0.2, 0) is 0 Å². The minimum Gasteiger partial charge on any atom is -0.297 e. The van der Waals surface area contributed by atoms with Crippen LogP contribution in [0, 0.1) is 13.8 Å². The van der Waals surface area contributed by atoms with Crippen molar-refractivity contribution in [2.24, 2.45) is 0 Å². The summed E-state index contributed by atoms with van der Waals surface area (Å²) in [5.41, 5.74) is 3.64. The summed E-state index contributed by atoms with van der Waals surface area (Å²) in [6.07, 6.45) is 0. The predicted molar refractivity (Wildman–Crippen MR) is 109 cm³/mol. The fraction of sp³-hybridized carbons (Fsp3) is 0.105. The summed E-state index contributed by atoms with van der Waals surface area (Å²) in [4.78, 5) is 16.7. The Bertz CT molecular complexity index is 1150. The Morgan fingerprint density at radius 2 is 1.89 bits per heavy atom. The molecule has 7 nitrogen and oxygen atoms in total. The molecule has 0 atom stereocenters. The van der Waals surface area contributed by atoms with E-state index in [1.165, 1.54) is 0 Å². The molecule has 0 fully saturated rings. The molecule has 1 amide bonds. The van der Waals surface area contributed by atoms with E-state index in [1.54, 1.807) is 28.9 Å². The Hall–Kier alpha value is -3.10. The molecule has 2 aromatic heterocycles. The average Bonchev–Trinajstić information content (AvgIpc) is 3.31. The molecule has 0 radical (unpaired) electrons. The first-order valence-corrected chi connectivity index (χ1v) is 9.58. The van der Waals surface area contributed by atoms with E-state index in [1.807, 2.05) is 38.1 Å². The lowest BCUT2D eigenvalue weighted by molar-refractivity contribution is 0.102. The number of amides is 1. The van der Waals surface area contributed by atoms with Gasteiger partial charge in [-0.1, -0.05) is 41.1 Å². The molecule has 1 N–H and O–H groups in total. The lowest BCUT2D eigenvalue weighted by Crippen LogP contribution is -2.11. The number of nitrogens with zero attached hydrogens (tertiary/aromatic N) is 5. The standard InChI is InChI=1S/C19H15ClN6OS/c1-11-14(20)9-6-10-15(11)26-12(2)16(23-25-26)17-21-19(28-24-17)22-18(27)13-7-4-3-5-8-13/h3-10H,1-2H3,(H,21,22,24,27). The summed E-state index contributed by atoms with van der Waals surface area (Å²) in [7, 11) is 0. The molecular formula is C19H15ClN6OS. The van der Waals surface area contributed by atoms with Crippen molar-refractivity contribution < 1.29 is 4.79 Å². The summed E-state index contributed by atoms with van der Waals surface area (Å²) < 4.78 is 6.02. The maximum Gasteiger partial charge on any atom is 0.257 e. The van der Waals surface area contributed by atoms with E-state index in [4.69, 9.17) is 11.6 Å². The van der Waals surface area contributed by atoms with Crippen molar-refractivity contribution in [2.45, 2.75) is 13.8 Å². The average molecular weight is 411 g/mol. The molecule has 4 aromatic rings. The van der Waals surface area contributed by atoms with Gasteiger partial charge in [-0.25, -0.2) is 4.68 Å². The highest BCUT2D eigenvalue weighted by atomic mass is 35.5. The van der Waals surface area contributed by atoms with E-state index in [0.717, 1.165) is 28.5 Å². The molecule has 0 aliphatic rings. The van der Waals surface area contributed by atoms with Crippen LogP contribution in [0.1, 0.15) is 21.6 Å². The Morgan fingerprint density at radius 3 is 2.68 bits per heavy atom. The van der Waals surface area contributed by atoms with Crippen molar-refractivity contribution in [1.82, 2.24) is 24.4 Å². The number of carbonyl (C=O) groups is 1. The van der Waals surface area contributed by atoms with Crippen LogP contribution in [0.25, 0.3) is 17.2 Å². The van der Waals surface area contributed by atoms with Crippen LogP contribution < -0.4 is 5.32 Å². The number of benzene rings is 2. The van der Waals surface area contributed by atoms with Gasteiger partial charge in [-0.15, -0.1) is 5.10 Å². The molecule has 0 unspecified atom stereocenters. The molecule has 2 heterocycles. The minimum atomic E-state index is -0.238. The SMILES string of the molecule is Cc1c(Cl)cccc1-n1nnc(-c2nsc(NC(=O)c3ccccc3)n2)c1C. The zero-order valence-electron chi connectivity index (χ0n) is 15.0. The normalized spacial score (nSPS) is 10.8. The monoisotopic (exact) mass is 410 g/mol. The molecule has 0 aliphatic carbocycles. The van der Waals surface area contributed by atoms with Crippen molar-refractivity contribution in [3.63, 3.8) is 0 Å². The fourth-order valence-electron chi connectivity index (χ4n) is 2.72. The number of nitrogens with one attached hydrogen (secondary N) is 1. The highest BCUT2D eigenvalue weighted by Crippen LogP contribution is 2.27. The van der Waals surface area contributed by atoms with Crippen LogP contribution in [0.3, 0.4) is 0 Å². The van der Waals surface area contributed by atoms with Crippen molar-refractivity contribution in [3.8, 4) is 17.2 Å². The zero-order valence-corrected chi connectivity index (χ0v) is 16.6. The maximum absolute atomic E-state index is 12.3. The Labute approximate surface area is 170 Å². The third-order valence-electron chi connectivity index (χ3n) is 4.26. The first-order valence-electron chi connectivity index (χ1n) is 8.43. The van der Waals surface area contributed by atoms with Gasteiger partial charge in [0.25, 0.3) is 5.91 Å². The third-order valence-corrected chi connectivity index (χ3v) is 5.30. The topological polar surface area (TPSA) is 85.6 Å². The molecule has 140 valence electrons. The van der Waals surface area contributed by atoms with E-state index in [0.29, 0.717) is 27.2 Å². The van der Waals surface area contributed by atoms with Gasteiger partial charge >= 0.3 is 0 Å². The molecule has 28 heavy (non-hydrogen) atoms. The van der Waals surface area contributed by atoms with Crippen LogP contribution in [0.5, 0.6) is 0 Å². The number of carbonyl (C=O) groups excluding carboxylic acids is 1. The Balaban J connectivity index is 1.61. The lowest BCUT2D eigenvalue weighted by atomic mass is 10.2. The second-order valence-electron chi connectivity index (χ2n) is 6.06. The molecule has 0 spiro atoms. The smallest absolute Gasteiger partial charge is 0.257 e. The Kier molecular flexibility index (Phi) is 4.89. The van der Waals surface area contributed by atoms with Crippen LogP contribution >= 0.6 is 23.1 Å². The van der Waals surface area contributed by atoms with Crippen LogP contribution in [-0.4, -0.2) is 30.3 Å². The highest BCUT2D eigenvalue weighted by Gasteiger charge is 2.19. The minimum absolute atomic E-state index is 0.238. The number of rotatable bonds is 4. The third kappa shape index (κ3) is 3.39. The van der Waals surface area contributed by atoms with E-state index in [2.05, 4.69) is 25.0 Å². The predicted octanol–water partition coefficient (Wildman–Crippen LogP) is 4.31. The van der Waals surface area contributed by atoms with Gasteiger partial charge in [-0.3, -0.25) is 10.1 Å². The van der Waals surface area contributed by atoms with Crippen molar-refractivity contribution in [1.29, 1.82) is 0 Å². The van der Waals surface area contributed by atoms with Gasteiger partial charge < -0.3 is 0 Å². The largest absolute Gasteiger partial charge is 0.297 e. The molecule has 4 rings (SSSR count). The number of hydrogen-bond donors (Lipinski definition) is 1. The zero-order chi connectivity index (χ0) is 19.7. The van der Waals surface area contributed by atoms with Gasteiger partial charge in [0.15, 0.2) is 11.5 Å². The van der Waals surface area contributed by atoms with E-state index in [9.17, 15) is 4.79 Å². The van der Waals surface area contributed by atoms with Crippen LogP contribution in [0.15, 0.2) is 48.5 Å². The summed E-state index contributed by atoms with van der Waals surface area (Å²) in [6.45, 7) is 3.82. The first-order chi connectivity index (χ1) is 13.5. The van der Waals surface area contributed by atoms with Crippen molar-refractivity contribution >= 4 is 34.2 Å². The molecule has 0 bridgehead atoms.